The van der Waals surface area contributed by atoms with Gasteiger partial charge in [-0.2, -0.15) is 0 Å². The Bertz CT molecular complexity index is 1060. The fourth-order valence-corrected chi connectivity index (χ4v) is 4.68. The molecule has 11 heteroatoms. The number of aromatic nitrogens is 3. The van der Waals surface area contributed by atoms with E-state index in [9.17, 15) is 4.79 Å². The maximum Gasteiger partial charge on any atom is 0.404 e. The molecule has 2 aromatic heterocycles. The van der Waals surface area contributed by atoms with Crippen molar-refractivity contribution in [3.8, 4) is 11.5 Å². The average Bonchev–Trinajstić information content (AvgIpc) is 3.26. The number of benzene rings is 1. The van der Waals surface area contributed by atoms with Gasteiger partial charge in [-0.3, -0.25) is 0 Å². The molecule has 1 aliphatic rings. The molecule has 1 aliphatic heterocycles. The number of ether oxygens (including phenoxy) is 2. The molecule has 1 amide bonds. The van der Waals surface area contributed by atoms with Crippen LogP contribution in [-0.2, 0) is 6.54 Å². The number of pyridine rings is 1. The lowest BCUT2D eigenvalue weighted by Gasteiger charge is -2.11. The number of nitrogens with one attached hydrogen (secondary N) is 1. The third-order valence-corrected chi connectivity index (χ3v) is 6.09. The Morgan fingerprint density at radius 1 is 1.36 bits per heavy atom. The summed E-state index contributed by atoms with van der Waals surface area (Å²) in [5, 5.41) is 11.9. The van der Waals surface area contributed by atoms with Crippen LogP contribution in [-0.4, -0.2) is 45.3 Å². The second-order valence-electron chi connectivity index (χ2n) is 5.80. The number of imidazole rings is 1. The van der Waals surface area contributed by atoms with Crippen molar-refractivity contribution in [2.45, 2.75) is 21.5 Å². The summed E-state index contributed by atoms with van der Waals surface area (Å²) < 4.78 is 12.9. The van der Waals surface area contributed by atoms with Gasteiger partial charge in [0.2, 0.25) is 6.79 Å². The van der Waals surface area contributed by atoms with Gasteiger partial charge >= 0.3 is 6.09 Å². The number of carboxylic acid groups (broad SMARTS) is 1. The predicted octanol–water partition coefficient (Wildman–Crippen LogP) is 2.88. The molecule has 3 heterocycles. The van der Waals surface area contributed by atoms with Gasteiger partial charge in [-0.1, -0.05) is 11.8 Å². The highest BCUT2D eigenvalue weighted by Gasteiger charge is 2.20. The number of nitrogens with zero attached hydrogens (tertiary/aromatic N) is 3. The molecule has 0 unspecified atom stereocenters. The lowest BCUT2D eigenvalue weighted by atomic mass is 10.3. The van der Waals surface area contributed by atoms with Gasteiger partial charge in [0.05, 0.1) is 5.52 Å². The van der Waals surface area contributed by atoms with E-state index in [0.717, 1.165) is 21.1 Å². The largest absolute Gasteiger partial charge is 0.465 e. The molecule has 9 nitrogen and oxygen atoms in total. The number of rotatable bonds is 6. The second kappa shape index (κ2) is 7.68. The Hall–Kier alpha value is -2.79. The molecule has 0 fully saturated rings. The third kappa shape index (κ3) is 3.50. The van der Waals surface area contributed by atoms with Gasteiger partial charge in [0.25, 0.3) is 0 Å². The molecule has 0 saturated carbocycles. The molecule has 3 aromatic rings. The Morgan fingerprint density at radius 2 is 2.11 bits per heavy atom. The maximum atomic E-state index is 10.8. The van der Waals surface area contributed by atoms with Crippen LogP contribution < -0.4 is 20.5 Å². The van der Waals surface area contributed by atoms with E-state index in [1.54, 1.807) is 18.0 Å². The highest BCUT2D eigenvalue weighted by Crippen LogP contribution is 2.44. The Balaban J connectivity index is 1.74. The fourth-order valence-electron chi connectivity index (χ4n) is 2.86. The van der Waals surface area contributed by atoms with Crippen LogP contribution >= 0.6 is 23.5 Å². The van der Waals surface area contributed by atoms with Crippen molar-refractivity contribution in [3.63, 3.8) is 0 Å². The molecule has 0 aliphatic carbocycles. The van der Waals surface area contributed by atoms with Crippen LogP contribution in [0.2, 0.25) is 0 Å². The van der Waals surface area contributed by atoms with Gasteiger partial charge < -0.3 is 30.2 Å². The summed E-state index contributed by atoms with van der Waals surface area (Å²) in [5.41, 5.74) is 7.38. The van der Waals surface area contributed by atoms with Crippen LogP contribution in [0.1, 0.15) is 0 Å². The summed E-state index contributed by atoms with van der Waals surface area (Å²) in [6.07, 6.45) is 2.53. The lowest BCUT2D eigenvalue weighted by Crippen LogP contribution is -2.25. The highest BCUT2D eigenvalue weighted by atomic mass is 32.2. The zero-order valence-corrected chi connectivity index (χ0v) is 16.5. The standard InChI is InChI=1S/C17H17N5O4S2/c1-27-12-6-10-11(26-8-25-10)7-13(12)28-16-21-14-9(2-3-19-15(14)18)22(16)5-4-20-17(23)24/h2-3,6-7,20H,4-5,8H2,1H3,(H2,18,19)(H,23,24). The SMILES string of the molecule is CSc1cc2c(cc1Sc1nc3c(N)nccc3n1CCNC(=O)O)OCO2. The first-order valence-corrected chi connectivity index (χ1v) is 10.3. The summed E-state index contributed by atoms with van der Waals surface area (Å²) in [6.45, 7) is 0.861. The smallest absolute Gasteiger partial charge is 0.404 e. The Kier molecular flexibility index (Phi) is 5.09. The summed E-state index contributed by atoms with van der Waals surface area (Å²) >= 11 is 3.06. The van der Waals surface area contributed by atoms with Crippen molar-refractivity contribution in [2.75, 3.05) is 25.3 Å². The monoisotopic (exact) mass is 419 g/mol. The molecular formula is C17H17N5O4S2. The zero-order valence-electron chi connectivity index (χ0n) is 14.8. The van der Waals surface area contributed by atoms with E-state index in [4.69, 9.17) is 20.3 Å². The summed E-state index contributed by atoms with van der Waals surface area (Å²) in [5.74, 6) is 1.75. The first-order chi connectivity index (χ1) is 13.6. The number of thioether (sulfide) groups is 1. The molecule has 4 N–H and O–H groups in total. The predicted molar refractivity (Wildman–Crippen MR) is 106 cm³/mol. The first kappa shape index (κ1) is 18.6. The fraction of sp³-hybridized carbons (Fsp3) is 0.235. The average molecular weight is 419 g/mol. The molecule has 0 bridgehead atoms. The van der Waals surface area contributed by atoms with Crippen LogP contribution in [0.15, 0.2) is 39.3 Å². The minimum atomic E-state index is -1.07. The van der Waals surface area contributed by atoms with Gasteiger partial charge in [-0.25, -0.2) is 14.8 Å². The van der Waals surface area contributed by atoms with Crippen LogP contribution in [0.5, 0.6) is 11.5 Å². The topological polar surface area (TPSA) is 125 Å². The molecular weight excluding hydrogens is 402 g/mol. The van der Waals surface area contributed by atoms with Gasteiger partial charge in [0.1, 0.15) is 5.52 Å². The molecule has 0 radical (unpaired) electrons. The third-order valence-electron chi connectivity index (χ3n) is 4.13. The van der Waals surface area contributed by atoms with Gasteiger partial charge in [0.15, 0.2) is 22.5 Å². The maximum absolute atomic E-state index is 10.8. The molecule has 1 aromatic carbocycles. The van der Waals surface area contributed by atoms with Crippen molar-refractivity contribution in [2.24, 2.45) is 0 Å². The quantitative estimate of drug-likeness (QED) is 0.517. The van der Waals surface area contributed by atoms with Gasteiger partial charge in [-0.15, -0.1) is 11.8 Å². The Morgan fingerprint density at radius 3 is 2.82 bits per heavy atom. The molecule has 146 valence electrons. The number of hydrogen-bond donors (Lipinski definition) is 3. The second-order valence-corrected chi connectivity index (χ2v) is 7.66. The van der Waals surface area contributed by atoms with Crippen molar-refractivity contribution in [3.05, 3.63) is 24.4 Å². The van der Waals surface area contributed by atoms with E-state index in [1.165, 1.54) is 11.8 Å². The minimum absolute atomic E-state index is 0.207. The summed E-state index contributed by atoms with van der Waals surface area (Å²) in [7, 11) is 0. The van der Waals surface area contributed by atoms with Gasteiger partial charge in [-0.05, 0) is 24.5 Å². The molecule has 4 rings (SSSR count). The molecule has 0 spiro atoms. The number of nitrogen functional groups attached to an aromatic ring is 1. The van der Waals surface area contributed by atoms with Crippen LogP contribution in [0, 0.1) is 0 Å². The van der Waals surface area contributed by atoms with E-state index in [-0.39, 0.29) is 13.3 Å². The van der Waals surface area contributed by atoms with Crippen molar-refractivity contribution >= 4 is 46.5 Å². The lowest BCUT2D eigenvalue weighted by molar-refractivity contribution is 0.174. The first-order valence-electron chi connectivity index (χ1n) is 8.30. The van der Waals surface area contributed by atoms with E-state index in [1.807, 2.05) is 29.0 Å². The number of anilines is 1. The van der Waals surface area contributed by atoms with Crippen LogP contribution in [0.4, 0.5) is 10.6 Å². The van der Waals surface area contributed by atoms with E-state index >= 15 is 0 Å². The normalized spacial score (nSPS) is 12.5. The van der Waals surface area contributed by atoms with Crippen LogP contribution in [0.3, 0.4) is 0 Å². The number of amides is 1. The van der Waals surface area contributed by atoms with E-state index < -0.39 is 6.09 Å². The number of fused-ring (bicyclic) bond motifs is 2. The number of carbonyl (C=O) groups is 1. The van der Waals surface area contributed by atoms with Gasteiger partial charge in [0, 0.05) is 29.1 Å². The zero-order chi connectivity index (χ0) is 19.7. The highest BCUT2D eigenvalue weighted by molar-refractivity contribution is 8.02. The summed E-state index contributed by atoms with van der Waals surface area (Å²) in [6, 6.07) is 5.70. The van der Waals surface area contributed by atoms with Crippen molar-refractivity contribution < 1.29 is 19.4 Å². The van der Waals surface area contributed by atoms with Crippen molar-refractivity contribution in [1.82, 2.24) is 19.9 Å². The molecule has 0 saturated heterocycles. The van der Waals surface area contributed by atoms with E-state index in [2.05, 4.69) is 15.3 Å². The number of hydrogen-bond acceptors (Lipinski definition) is 8. The minimum Gasteiger partial charge on any atom is -0.465 e. The molecule has 0 atom stereocenters. The Labute approximate surface area is 168 Å². The number of nitrogens with two attached hydrogens (primary N) is 1. The van der Waals surface area contributed by atoms with Crippen molar-refractivity contribution in [1.29, 1.82) is 0 Å². The summed E-state index contributed by atoms with van der Waals surface area (Å²) in [4.78, 5) is 21.6. The molecule has 28 heavy (non-hydrogen) atoms. The van der Waals surface area contributed by atoms with Crippen LogP contribution in [0.25, 0.3) is 11.0 Å². The van der Waals surface area contributed by atoms with E-state index in [0.29, 0.717) is 28.8 Å².